The van der Waals surface area contributed by atoms with Crippen molar-refractivity contribution in [3.63, 3.8) is 0 Å². The lowest BCUT2D eigenvalue weighted by atomic mass is 10.1. The topological polar surface area (TPSA) is 96.4 Å². The molecular weight excluding hydrogens is 408 g/mol. The Morgan fingerprint density at radius 1 is 1.00 bits per heavy atom. The van der Waals surface area contributed by atoms with Gasteiger partial charge in [-0.05, 0) is 42.3 Å². The van der Waals surface area contributed by atoms with Gasteiger partial charge in [-0.3, -0.25) is 4.79 Å². The first-order chi connectivity index (χ1) is 14.3. The van der Waals surface area contributed by atoms with E-state index in [4.69, 9.17) is 9.47 Å². The van der Waals surface area contributed by atoms with Crippen LogP contribution >= 0.6 is 0 Å². The second-order valence-corrected chi connectivity index (χ2v) is 9.32. The van der Waals surface area contributed by atoms with Gasteiger partial charge in [0.05, 0.1) is 6.42 Å². The van der Waals surface area contributed by atoms with Gasteiger partial charge in [0, 0.05) is 26.2 Å². The van der Waals surface area contributed by atoms with Crippen molar-refractivity contribution < 1.29 is 27.8 Å². The standard InChI is InChI=1S/C21H24N2O6S/c1-15-2-4-17(24)20(12-15)30(26,27)23-8-6-22(7-9-23)21(25)14-16-3-5-18-19(13-16)29-11-10-28-18/h2-5,12-13,24H,6-11,14H2,1H3. The number of ether oxygens (including phenoxy) is 2. The number of carbonyl (C=O) groups excluding carboxylic acids is 1. The molecule has 0 radical (unpaired) electrons. The lowest BCUT2D eigenvalue weighted by Crippen LogP contribution is -2.50. The number of hydrogen-bond acceptors (Lipinski definition) is 6. The highest BCUT2D eigenvalue weighted by Crippen LogP contribution is 2.31. The van der Waals surface area contributed by atoms with Crippen molar-refractivity contribution in [2.24, 2.45) is 0 Å². The lowest BCUT2D eigenvalue weighted by molar-refractivity contribution is -0.131. The van der Waals surface area contributed by atoms with Gasteiger partial charge in [-0.25, -0.2) is 8.42 Å². The Morgan fingerprint density at radius 3 is 2.43 bits per heavy atom. The minimum atomic E-state index is -3.82. The number of aryl methyl sites for hydroxylation is 1. The third-order valence-electron chi connectivity index (χ3n) is 5.29. The average Bonchev–Trinajstić information content (AvgIpc) is 2.75. The van der Waals surface area contributed by atoms with E-state index in [1.807, 2.05) is 12.1 Å². The van der Waals surface area contributed by atoms with E-state index in [9.17, 15) is 18.3 Å². The number of benzene rings is 2. The van der Waals surface area contributed by atoms with Gasteiger partial charge in [0.25, 0.3) is 0 Å². The summed E-state index contributed by atoms with van der Waals surface area (Å²) in [6.45, 7) is 3.73. The summed E-state index contributed by atoms with van der Waals surface area (Å²) in [6.07, 6.45) is 0.210. The van der Waals surface area contributed by atoms with Crippen molar-refractivity contribution in [3.05, 3.63) is 47.5 Å². The van der Waals surface area contributed by atoms with E-state index < -0.39 is 10.0 Å². The number of rotatable bonds is 4. The fourth-order valence-corrected chi connectivity index (χ4v) is 5.22. The van der Waals surface area contributed by atoms with Crippen LogP contribution in [0.4, 0.5) is 0 Å². The number of phenols is 1. The summed E-state index contributed by atoms with van der Waals surface area (Å²) >= 11 is 0. The minimum absolute atomic E-state index is 0.0675. The lowest BCUT2D eigenvalue weighted by Gasteiger charge is -2.34. The van der Waals surface area contributed by atoms with Crippen molar-refractivity contribution in [1.29, 1.82) is 0 Å². The van der Waals surface area contributed by atoms with Gasteiger partial charge in [0.2, 0.25) is 15.9 Å². The van der Waals surface area contributed by atoms with Crippen LogP contribution in [0, 0.1) is 6.92 Å². The molecule has 8 nitrogen and oxygen atoms in total. The number of hydrogen-bond donors (Lipinski definition) is 1. The van der Waals surface area contributed by atoms with Gasteiger partial charge >= 0.3 is 0 Å². The molecule has 0 bridgehead atoms. The summed E-state index contributed by atoms with van der Waals surface area (Å²) < 4.78 is 38.2. The van der Waals surface area contributed by atoms with Crippen LogP contribution in [0.15, 0.2) is 41.3 Å². The zero-order valence-electron chi connectivity index (χ0n) is 16.7. The fourth-order valence-electron chi connectivity index (χ4n) is 3.63. The van der Waals surface area contributed by atoms with E-state index in [1.165, 1.54) is 16.4 Å². The van der Waals surface area contributed by atoms with E-state index in [1.54, 1.807) is 24.0 Å². The highest BCUT2D eigenvalue weighted by molar-refractivity contribution is 7.89. The first-order valence-electron chi connectivity index (χ1n) is 9.81. The zero-order chi connectivity index (χ0) is 21.3. The Bertz CT molecular complexity index is 1060. The van der Waals surface area contributed by atoms with Gasteiger partial charge in [-0.1, -0.05) is 12.1 Å². The number of piperazine rings is 1. The van der Waals surface area contributed by atoms with E-state index in [-0.39, 0.29) is 36.1 Å². The maximum absolute atomic E-state index is 12.9. The van der Waals surface area contributed by atoms with Crippen LogP contribution in [0.2, 0.25) is 0 Å². The van der Waals surface area contributed by atoms with Crippen molar-refractivity contribution >= 4 is 15.9 Å². The van der Waals surface area contributed by atoms with E-state index in [0.717, 1.165) is 11.1 Å². The summed E-state index contributed by atoms with van der Waals surface area (Å²) in [7, 11) is -3.82. The molecule has 4 rings (SSSR count). The van der Waals surface area contributed by atoms with Gasteiger partial charge in [-0.15, -0.1) is 0 Å². The Labute approximate surface area is 175 Å². The molecule has 2 heterocycles. The number of fused-ring (bicyclic) bond motifs is 1. The molecule has 2 aliphatic heterocycles. The molecule has 160 valence electrons. The molecule has 30 heavy (non-hydrogen) atoms. The van der Waals surface area contributed by atoms with Crippen LogP contribution in [0.25, 0.3) is 0 Å². The quantitative estimate of drug-likeness (QED) is 0.788. The highest BCUT2D eigenvalue weighted by atomic mass is 32.2. The first-order valence-corrected chi connectivity index (χ1v) is 11.2. The molecule has 1 N–H and O–H groups in total. The third kappa shape index (κ3) is 4.08. The molecule has 0 saturated carbocycles. The van der Waals surface area contributed by atoms with E-state index in [2.05, 4.69) is 0 Å². The van der Waals surface area contributed by atoms with Gasteiger partial charge in [0.1, 0.15) is 23.9 Å². The second-order valence-electron chi connectivity index (χ2n) is 7.41. The molecule has 1 saturated heterocycles. The fraction of sp³-hybridized carbons (Fsp3) is 0.381. The Morgan fingerprint density at radius 2 is 1.70 bits per heavy atom. The van der Waals surface area contributed by atoms with Crippen molar-refractivity contribution in [3.8, 4) is 17.2 Å². The monoisotopic (exact) mass is 432 g/mol. The molecule has 1 fully saturated rings. The predicted molar refractivity (Wildman–Crippen MR) is 109 cm³/mol. The van der Waals surface area contributed by atoms with Crippen molar-refractivity contribution in [2.75, 3.05) is 39.4 Å². The maximum Gasteiger partial charge on any atom is 0.246 e. The zero-order valence-corrected chi connectivity index (χ0v) is 17.5. The van der Waals surface area contributed by atoms with Crippen LogP contribution in [-0.2, 0) is 21.2 Å². The highest BCUT2D eigenvalue weighted by Gasteiger charge is 2.32. The second kappa shape index (κ2) is 8.16. The summed E-state index contributed by atoms with van der Waals surface area (Å²) in [5.74, 6) is 0.982. The van der Waals surface area contributed by atoms with Crippen LogP contribution in [0.1, 0.15) is 11.1 Å². The molecule has 0 atom stereocenters. The van der Waals surface area contributed by atoms with Crippen LogP contribution in [0.3, 0.4) is 0 Å². The summed E-state index contributed by atoms with van der Waals surface area (Å²) in [6, 6.07) is 9.96. The Hall–Kier alpha value is -2.78. The third-order valence-corrected chi connectivity index (χ3v) is 7.21. The molecule has 0 aromatic heterocycles. The number of sulfonamides is 1. The predicted octanol–water partition coefficient (Wildman–Crippen LogP) is 1.55. The molecular formula is C21H24N2O6S. The summed E-state index contributed by atoms with van der Waals surface area (Å²) in [5, 5.41) is 10.0. The summed E-state index contributed by atoms with van der Waals surface area (Å²) in [5.41, 5.74) is 1.57. The van der Waals surface area contributed by atoms with E-state index >= 15 is 0 Å². The summed E-state index contributed by atoms with van der Waals surface area (Å²) in [4.78, 5) is 14.3. The maximum atomic E-state index is 12.9. The first kappa shape index (κ1) is 20.5. The Kier molecular flexibility index (Phi) is 5.57. The number of amides is 1. The molecule has 0 aliphatic carbocycles. The van der Waals surface area contributed by atoms with Crippen molar-refractivity contribution in [1.82, 2.24) is 9.21 Å². The van der Waals surface area contributed by atoms with E-state index in [0.29, 0.717) is 37.8 Å². The van der Waals surface area contributed by atoms with Crippen molar-refractivity contribution in [2.45, 2.75) is 18.2 Å². The SMILES string of the molecule is Cc1ccc(O)c(S(=O)(=O)N2CCN(C(=O)Cc3ccc4c(c3)OCCO4)CC2)c1. The Balaban J connectivity index is 1.39. The molecule has 0 spiro atoms. The van der Waals surface area contributed by atoms with Gasteiger partial charge in [-0.2, -0.15) is 4.31 Å². The normalized spacial score (nSPS) is 17.0. The van der Waals surface area contributed by atoms with Gasteiger partial charge in [0.15, 0.2) is 11.5 Å². The number of aromatic hydroxyl groups is 1. The molecule has 0 unspecified atom stereocenters. The molecule has 2 aliphatic rings. The number of nitrogens with zero attached hydrogens (tertiary/aromatic N) is 2. The average molecular weight is 432 g/mol. The molecule has 1 amide bonds. The molecule has 9 heteroatoms. The van der Waals surface area contributed by atoms with Crippen LogP contribution in [-0.4, -0.2) is 68.0 Å². The van der Waals surface area contributed by atoms with Crippen LogP contribution < -0.4 is 9.47 Å². The van der Waals surface area contributed by atoms with Crippen LogP contribution in [0.5, 0.6) is 17.2 Å². The largest absolute Gasteiger partial charge is 0.507 e. The smallest absolute Gasteiger partial charge is 0.246 e. The number of phenolic OH excluding ortho intramolecular Hbond substituents is 1. The number of carbonyl (C=O) groups is 1. The molecule has 2 aromatic rings. The molecule has 2 aromatic carbocycles. The van der Waals surface area contributed by atoms with Gasteiger partial charge < -0.3 is 19.5 Å². The minimum Gasteiger partial charge on any atom is -0.507 e.